The number of pyridine rings is 2. The summed E-state index contributed by atoms with van der Waals surface area (Å²) >= 11 is 5.43. The molecular formula is C13H17N3S. The maximum absolute atomic E-state index is 5.43. The van der Waals surface area contributed by atoms with Crippen LogP contribution in [0.15, 0.2) is 24.4 Å². The van der Waals surface area contributed by atoms with Gasteiger partial charge < -0.3 is 5.43 Å². The molecule has 2 aromatic rings. The maximum Gasteiger partial charge on any atom is 0.159 e. The molecule has 2 heterocycles. The van der Waals surface area contributed by atoms with Gasteiger partial charge in [-0.3, -0.25) is 0 Å². The summed E-state index contributed by atoms with van der Waals surface area (Å²) in [5.74, 6) is 0.566. The number of fused-ring (bicyclic) bond motifs is 1. The molecule has 0 aliphatic heterocycles. The molecule has 90 valence electrons. The molecule has 0 atom stereocenters. The zero-order chi connectivity index (χ0) is 12.4. The second-order valence-electron chi connectivity index (χ2n) is 4.64. The molecule has 17 heavy (non-hydrogen) atoms. The molecule has 3 nitrogen and oxygen atoms in total. The van der Waals surface area contributed by atoms with E-state index in [4.69, 9.17) is 12.2 Å². The number of nitrogens with one attached hydrogen (secondary N) is 1. The van der Waals surface area contributed by atoms with Crippen LogP contribution in [0.1, 0.15) is 19.4 Å². The molecular weight excluding hydrogens is 230 g/mol. The predicted octanol–water partition coefficient (Wildman–Crippen LogP) is 3.27. The summed E-state index contributed by atoms with van der Waals surface area (Å²) in [6.45, 7) is 7.25. The van der Waals surface area contributed by atoms with Crippen LogP contribution in [0.4, 0.5) is 0 Å². The van der Waals surface area contributed by atoms with Crippen LogP contribution >= 0.6 is 12.2 Å². The van der Waals surface area contributed by atoms with E-state index < -0.39 is 0 Å². The normalized spacial score (nSPS) is 11.1. The fourth-order valence-electron chi connectivity index (χ4n) is 1.70. The number of hydrogen-bond donors (Lipinski definition) is 1. The van der Waals surface area contributed by atoms with Crippen molar-refractivity contribution in [1.82, 2.24) is 9.66 Å². The summed E-state index contributed by atoms with van der Waals surface area (Å²) in [6.07, 6.45) is 1.79. The third-order valence-corrected chi connectivity index (χ3v) is 3.10. The van der Waals surface area contributed by atoms with E-state index in [9.17, 15) is 0 Å². The summed E-state index contributed by atoms with van der Waals surface area (Å²) in [7, 11) is 0. The van der Waals surface area contributed by atoms with Gasteiger partial charge in [0.15, 0.2) is 5.65 Å². The Bertz CT molecular complexity index is 587. The topological polar surface area (TPSA) is 29.9 Å². The summed E-state index contributed by atoms with van der Waals surface area (Å²) in [5.41, 5.74) is 5.33. The van der Waals surface area contributed by atoms with Crippen molar-refractivity contribution in [2.24, 2.45) is 5.92 Å². The number of aryl methyl sites for hydroxylation is 1. The van der Waals surface area contributed by atoms with Crippen molar-refractivity contribution in [3.05, 3.63) is 34.6 Å². The van der Waals surface area contributed by atoms with Gasteiger partial charge in [0.25, 0.3) is 0 Å². The van der Waals surface area contributed by atoms with E-state index in [0.29, 0.717) is 5.92 Å². The highest BCUT2D eigenvalue weighted by Crippen LogP contribution is 2.14. The molecule has 0 aliphatic carbocycles. The average Bonchev–Trinajstić information content (AvgIpc) is 2.29. The standard InChI is InChI=1S/C13H17N3S/c1-9(2)8-15-16-12-11(5-4-6-14-12)7-10(3)13(16)17/h4-7,9,15H,8H2,1-3H3. The van der Waals surface area contributed by atoms with E-state index >= 15 is 0 Å². The van der Waals surface area contributed by atoms with Gasteiger partial charge in [-0.05, 0) is 36.6 Å². The molecule has 0 unspecified atom stereocenters. The van der Waals surface area contributed by atoms with Gasteiger partial charge in [-0.25, -0.2) is 9.66 Å². The highest BCUT2D eigenvalue weighted by molar-refractivity contribution is 7.71. The summed E-state index contributed by atoms with van der Waals surface area (Å²) in [6, 6.07) is 6.08. The first-order valence-corrected chi connectivity index (χ1v) is 6.21. The van der Waals surface area contributed by atoms with Gasteiger partial charge in [-0.2, -0.15) is 0 Å². The lowest BCUT2D eigenvalue weighted by atomic mass is 10.2. The first kappa shape index (κ1) is 12.0. The van der Waals surface area contributed by atoms with Crippen LogP contribution in [-0.4, -0.2) is 16.2 Å². The molecule has 0 saturated carbocycles. The number of nitrogens with zero attached hydrogens (tertiary/aromatic N) is 2. The minimum absolute atomic E-state index is 0.566. The van der Waals surface area contributed by atoms with Gasteiger partial charge in [-0.15, -0.1) is 0 Å². The highest BCUT2D eigenvalue weighted by Gasteiger charge is 2.04. The molecule has 0 aliphatic rings. The van der Waals surface area contributed by atoms with Crippen molar-refractivity contribution in [2.75, 3.05) is 12.0 Å². The first-order valence-electron chi connectivity index (χ1n) is 5.81. The molecule has 0 saturated heterocycles. The lowest BCUT2D eigenvalue weighted by molar-refractivity contribution is 0.642. The Kier molecular flexibility index (Phi) is 3.43. The number of aromatic nitrogens is 2. The van der Waals surface area contributed by atoms with Crippen molar-refractivity contribution >= 4 is 23.3 Å². The zero-order valence-electron chi connectivity index (χ0n) is 10.4. The van der Waals surface area contributed by atoms with Gasteiger partial charge in [-0.1, -0.05) is 26.1 Å². The maximum atomic E-state index is 5.43. The fourth-order valence-corrected chi connectivity index (χ4v) is 1.91. The Morgan fingerprint density at radius 2 is 2.24 bits per heavy atom. The number of hydrogen-bond acceptors (Lipinski definition) is 3. The van der Waals surface area contributed by atoms with Crippen LogP contribution < -0.4 is 5.43 Å². The third kappa shape index (κ3) is 2.47. The van der Waals surface area contributed by atoms with Crippen molar-refractivity contribution in [1.29, 1.82) is 0 Å². The van der Waals surface area contributed by atoms with Crippen LogP contribution in [0.25, 0.3) is 11.0 Å². The van der Waals surface area contributed by atoms with Crippen LogP contribution in [0.2, 0.25) is 0 Å². The quantitative estimate of drug-likeness (QED) is 0.844. The Hall–Kier alpha value is -1.42. The Morgan fingerprint density at radius 1 is 1.47 bits per heavy atom. The van der Waals surface area contributed by atoms with Crippen LogP contribution in [0.5, 0.6) is 0 Å². The molecule has 0 amide bonds. The average molecular weight is 247 g/mol. The molecule has 0 spiro atoms. The van der Waals surface area contributed by atoms with Gasteiger partial charge in [0, 0.05) is 18.1 Å². The molecule has 0 aromatic carbocycles. The van der Waals surface area contributed by atoms with Crippen molar-refractivity contribution in [3.8, 4) is 0 Å². The van der Waals surface area contributed by atoms with Crippen LogP contribution in [0.3, 0.4) is 0 Å². The molecule has 2 aromatic heterocycles. The highest BCUT2D eigenvalue weighted by atomic mass is 32.1. The summed E-state index contributed by atoms with van der Waals surface area (Å²) < 4.78 is 2.72. The Morgan fingerprint density at radius 3 is 2.94 bits per heavy atom. The van der Waals surface area contributed by atoms with Gasteiger partial charge in [0.05, 0.1) is 0 Å². The van der Waals surface area contributed by atoms with Crippen molar-refractivity contribution in [3.63, 3.8) is 0 Å². The summed E-state index contributed by atoms with van der Waals surface area (Å²) in [5, 5.41) is 1.11. The monoisotopic (exact) mass is 247 g/mol. The minimum atomic E-state index is 0.566. The molecule has 0 radical (unpaired) electrons. The SMILES string of the molecule is Cc1cc2cccnc2n(NCC(C)C)c1=S. The van der Waals surface area contributed by atoms with Gasteiger partial charge in [0.1, 0.15) is 4.64 Å². The molecule has 0 bridgehead atoms. The van der Waals surface area contributed by atoms with Gasteiger partial charge >= 0.3 is 0 Å². The second kappa shape index (κ2) is 4.84. The van der Waals surface area contributed by atoms with E-state index in [1.807, 2.05) is 17.7 Å². The number of rotatable bonds is 3. The van der Waals surface area contributed by atoms with E-state index in [-0.39, 0.29) is 0 Å². The Labute approximate surface area is 106 Å². The first-order chi connectivity index (χ1) is 8.09. The van der Waals surface area contributed by atoms with Crippen molar-refractivity contribution in [2.45, 2.75) is 20.8 Å². The lowest BCUT2D eigenvalue weighted by Crippen LogP contribution is -2.22. The lowest BCUT2D eigenvalue weighted by Gasteiger charge is -2.15. The third-order valence-electron chi connectivity index (χ3n) is 2.60. The van der Waals surface area contributed by atoms with E-state index in [2.05, 4.69) is 36.4 Å². The van der Waals surface area contributed by atoms with Crippen molar-refractivity contribution < 1.29 is 0 Å². The van der Waals surface area contributed by atoms with Crippen LogP contribution in [0, 0.1) is 17.5 Å². The largest absolute Gasteiger partial charge is 0.323 e. The van der Waals surface area contributed by atoms with Gasteiger partial charge in [0.2, 0.25) is 0 Å². The smallest absolute Gasteiger partial charge is 0.159 e. The van der Waals surface area contributed by atoms with E-state index in [0.717, 1.165) is 27.8 Å². The zero-order valence-corrected chi connectivity index (χ0v) is 11.2. The van der Waals surface area contributed by atoms with E-state index in [1.54, 1.807) is 6.20 Å². The van der Waals surface area contributed by atoms with E-state index in [1.165, 1.54) is 0 Å². The fraction of sp³-hybridized carbons (Fsp3) is 0.385. The molecule has 2 rings (SSSR count). The Balaban J connectivity index is 2.58. The molecule has 0 fully saturated rings. The molecule has 1 N–H and O–H groups in total. The second-order valence-corrected chi connectivity index (χ2v) is 5.03. The molecule has 4 heteroatoms. The summed E-state index contributed by atoms with van der Waals surface area (Å²) in [4.78, 5) is 4.39. The van der Waals surface area contributed by atoms with Crippen LogP contribution in [-0.2, 0) is 0 Å². The minimum Gasteiger partial charge on any atom is -0.323 e. The predicted molar refractivity (Wildman–Crippen MR) is 74.4 cm³/mol.